The third-order valence-electron chi connectivity index (χ3n) is 23.9. The van der Waals surface area contributed by atoms with E-state index in [9.17, 15) is 0 Å². The molecule has 0 aliphatic carbocycles. The van der Waals surface area contributed by atoms with E-state index < -0.39 is 0 Å². The van der Waals surface area contributed by atoms with E-state index in [0.717, 1.165) is 83.9 Å². The summed E-state index contributed by atoms with van der Waals surface area (Å²) in [5.74, 6) is 0. The molecule has 0 bridgehead atoms. The number of para-hydroxylation sites is 1. The molecule has 0 fully saturated rings. The highest BCUT2D eigenvalue weighted by atomic mass is 32.1. The maximum absolute atomic E-state index is 6.93. The van der Waals surface area contributed by atoms with E-state index in [1.807, 2.05) is 11.3 Å². The fourth-order valence-electron chi connectivity index (χ4n) is 18.0. The number of anilines is 6. The molecule has 0 N–H and O–H groups in total. The second kappa shape index (κ2) is 34.0. The third kappa shape index (κ3) is 14.7. The highest BCUT2D eigenvalue weighted by molar-refractivity contribution is 7.26. The number of furan rings is 1. The van der Waals surface area contributed by atoms with Crippen LogP contribution in [-0.4, -0.2) is 0 Å². The van der Waals surface area contributed by atoms with Crippen LogP contribution in [0.5, 0.6) is 0 Å². The Bertz CT molecular complexity index is 6830. The summed E-state index contributed by atoms with van der Waals surface area (Å²) in [5.41, 5.74) is 36.8. The number of hydrogen-bond donors (Lipinski definition) is 0. The molecule has 0 saturated heterocycles. The van der Waals surface area contributed by atoms with Crippen LogP contribution < -0.4 is 9.80 Å². The largest absolute Gasteiger partial charge is 0.455 e. The van der Waals surface area contributed by atoms with Gasteiger partial charge in [-0.05, 0) is 201 Å². The van der Waals surface area contributed by atoms with Gasteiger partial charge in [-0.25, -0.2) is 0 Å². The zero-order valence-electron chi connectivity index (χ0n) is 68.1. The van der Waals surface area contributed by atoms with Gasteiger partial charge in [-0.2, -0.15) is 0 Å². The lowest BCUT2D eigenvalue weighted by molar-refractivity contribution is 0.670. The molecule has 0 aliphatic heterocycles. The Morgan fingerprint density at radius 3 is 0.718 bits per heavy atom. The van der Waals surface area contributed by atoms with Gasteiger partial charge in [-0.1, -0.05) is 419 Å². The summed E-state index contributed by atoms with van der Waals surface area (Å²) in [5, 5.41) is 4.65. The van der Waals surface area contributed by atoms with Gasteiger partial charge >= 0.3 is 0 Å². The highest BCUT2D eigenvalue weighted by Gasteiger charge is 2.27. The Morgan fingerprint density at radius 1 is 0.161 bits per heavy atom. The molecule has 20 aromatic carbocycles. The van der Waals surface area contributed by atoms with Gasteiger partial charge < -0.3 is 14.2 Å². The minimum absolute atomic E-state index is 0.856. The van der Waals surface area contributed by atoms with Gasteiger partial charge in [-0.15, -0.1) is 11.3 Å². The van der Waals surface area contributed by atoms with Crippen molar-refractivity contribution in [2.75, 3.05) is 9.80 Å². The van der Waals surface area contributed by atoms with Gasteiger partial charge in [0.05, 0.1) is 16.8 Å². The topological polar surface area (TPSA) is 19.6 Å². The van der Waals surface area contributed by atoms with Gasteiger partial charge in [0.1, 0.15) is 11.2 Å². The smallest absolute Gasteiger partial charge is 0.145 e. The van der Waals surface area contributed by atoms with E-state index in [-0.39, 0.29) is 0 Å². The van der Waals surface area contributed by atoms with Crippen molar-refractivity contribution in [3.63, 3.8) is 0 Å². The Kier molecular flexibility index (Phi) is 20.7. The van der Waals surface area contributed by atoms with Gasteiger partial charge in [-0.3, -0.25) is 0 Å². The van der Waals surface area contributed by atoms with Crippen molar-refractivity contribution < 1.29 is 4.42 Å². The number of hydrogen-bond acceptors (Lipinski definition) is 4. The molecule has 0 amide bonds. The Hall–Kier alpha value is -16.0. The molecule has 0 radical (unpaired) electrons. The molecule has 0 spiro atoms. The fraction of sp³-hybridized carbons (Fsp3) is 0. The average Bonchev–Trinajstić information content (AvgIpc) is 1.55. The van der Waals surface area contributed by atoms with E-state index in [1.165, 1.54) is 126 Å². The van der Waals surface area contributed by atoms with E-state index in [1.54, 1.807) is 0 Å². The Morgan fingerprint density at radius 2 is 0.395 bits per heavy atom. The van der Waals surface area contributed by atoms with Crippen molar-refractivity contribution in [2.24, 2.45) is 0 Å². The first kappa shape index (κ1) is 75.5. The molecule has 2 heterocycles. The van der Waals surface area contributed by atoms with Crippen molar-refractivity contribution in [1.82, 2.24) is 0 Å². The molecule has 3 nitrogen and oxygen atoms in total. The zero-order valence-corrected chi connectivity index (χ0v) is 68.9. The van der Waals surface area contributed by atoms with Crippen LogP contribution in [0.25, 0.3) is 176 Å². The standard InChI is InChI=1S/C60H41NO.C60H41NS/c2*1-4-18-42(19-5-1)49-24-10-12-26-51(49)45-32-36-47(37-33-45)61(48-38-34-46(35-39-48)52-27-13-11-25-50(52)43-20-6-2-7-21-43)57-41-40-55(60-59(57)56-30-16-17-31-58(56)62-60)54-29-15-14-28-53(54)44-22-8-3-9-23-44/h2*1-41H. The number of thiophene rings is 1. The summed E-state index contributed by atoms with van der Waals surface area (Å²) in [4.78, 5) is 4.84. The quantitative estimate of drug-likeness (QED) is 0.0854. The minimum atomic E-state index is 0.856. The summed E-state index contributed by atoms with van der Waals surface area (Å²) in [6.45, 7) is 0. The number of benzene rings is 20. The molecular formula is C120H82N2OS. The second-order valence-electron chi connectivity index (χ2n) is 31.2. The first-order valence-corrected chi connectivity index (χ1v) is 43.2. The summed E-state index contributed by atoms with van der Waals surface area (Å²) < 4.78 is 9.48. The molecule has 124 heavy (non-hydrogen) atoms. The third-order valence-corrected chi connectivity index (χ3v) is 25.1. The Labute approximate surface area is 727 Å². The number of nitrogens with zero attached hydrogens (tertiary/aromatic N) is 2. The highest BCUT2D eigenvalue weighted by Crippen LogP contribution is 2.53. The summed E-state index contributed by atoms with van der Waals surface area (Å²) in [6.07, 6.45) is 0. The van der Waals surface area contributed by atoms with Crippen molar-refractivity contribution in [1.29, 1.82) is 0 Å². The molecule has 0 aliphatic rings. The van der Waals surface area contributed by atoms with Gasteiger partial charge in [0.2, 0.25) is 0 Å². The molecule has 0 saturated carbocycles. The van der Waals surface area contributed by atoms with Crippen LogP contribution in [0, 0.1) is 0 Å². The van der Waals surface area contributed by atoms with E-state index in [0.29, 0.717) is 0 Å². The normalized spacial score (nSPS) is 11.2. The number of fused-ring (bicyclic) bond motifs is 6. The van der Waals surface area contributed by atoms with Crippen molar-refractivity contribution in [3.8, 4) is 134 Å². The molecule has 2 aromatic heterocycles. The first-order chi connectivity index (χ1) is 61.6. The Balaban J connectivity index is 0.000000152. The van der Waals surface area contributed by atoms with Crippen LogP contribution >= 0.6 is 11.3 Å². The van der Waals surface area contributed by atoms with Gasteiger partial charge in [0, 0.05) is 59.4 Å². The molecule has 4 heteroatoms. The predicted octanol–water partition coefficient (Wildman–Crippen LogP) is 34.6. The molecule has 0 atom stereocenters. The lowest BCUT2D eigenvalue weighted by atomic mass is 9.92. The van der Waals surface area contributed by atoms with Crippen molar-refractivity contribution in [3.05, 3.63) is 497 Å². The van der Waals surface area contributed by atoms with Gasteiger partial charge in [0.15, 0.2) is 0 Å². The molecule has 22 aromatic rings. The van der Waals surface area contributed by atoms with Crippen LogP contribution in [0.2, 0.25) is 0 Å². The number of rotatable bonds is 18. The maximum Gasteiger partial charge on any atom is 0.145 e. The molecule has 584 valence electrons. The van der Waals surface area contributed by atoms with E-state index in [2.05, 4.69) is 507 Å². The van der Waals surface area contributed by atoms with Gasteiger partial charge in [0.25, 0.3) is 0 Å². The predicted molar refractivity (Wildman–Crippen MR) is 528 cm³/mol. The maximum atomic E-state index is 6.93. The molecular weight excluding hydrogens is 1520 g/mol. The lowest BCUT2D eigenvalue weighted by Gasteiger charge is -2.28. The summed E-state index contributed by atoms with van der Waals surface area (Å²) in [6, 6.07) is 179. The van der Waals surface area contributed by atoms with Crippen molar-refractivity contribution >= 4 is 87.6 Å². The monoisotopic (exact) mass is 1600 g/mol. The molecule has 0 unspecified atom stereocenters. The summed E-state index contributed by atoms with van der Waals surface area (Å²) in [7, 11) is 0. The minimum Gasteiger partial charge on any atom is -0.455 e. The SMILES string of the molecule is c1ccc(-c2ccccc2-c2ccc(N(c3ccc(-c4ccccc4-c4ccccc4)cc3)c3ccc(-c4ccccc4-c4ccccc4)c4oc5ccccc5c34)cc2)cc1.c1ccc(-c2ccccc2-c2ccc(N(c3ccc(-c4ccccc4-c4ccccc4)cc3)c3ccc(-c4ccccc4-c4ccccc4)c4sc5ccccc5c34)cc2)cc1. The summed E-state index contributed by atoms with van der Waals surface area (Å²) >= 11 is 1.88. The van der Waals surface area contributed by atoms with Crippen LogP contribution in [0.4, 0.5) is 34.1 Å². The first-order valence-electron chi connectivity index (χ1n) is 42.3. The van der Waals surface area contributed by atoms with Crippen LogP contribution in [0.3, 0.4) is 0 Å². The second-order valence-corrected chi connectivity index (χ2v) is 32.2. The van der Waals surface area contributed by atoms with Crippen molar-refractivity contribution in [2.45, 2.75) is 0 Å². The van der Waals surface area contributed by atoms with Crippen LogP contribution in [0.1, 0.15) is 0 Å². The lowest BCUT2D eigenvalue weighted by Crippen LogP contribution is -2.10. The average molecular weight is 1600 g/mol. The van der Waals surface area contributed by atoms with E-state index in [4.69, 9.17) is 4.42 Å². The fourth-order valence-corrected chi connectivity index (χ4v) is 19.3. The van der Waals surface area contributed by atoms with Crippen LogP contribution in [-0.2, 0) is 0 Å². The molecule has 22 rings (SSSR count). The van der Waals surface area contributed by atoms with Crippen LogP contribution in [0.15, 0.2) is 502 Å². The van der Waals surface area contributed by atoms with E-state index >= 15 is 0 Å². The zero-order chi connectivity index (χ0) is 82.5.